The fraction of sp³-hybridized carbons (Fsp3) is 0.429. The Balaban J connectivity index is 1.88. The normalized spacial score (nSPS) is 16.1. The van der Waals surface area contributed by atoms with Crippen molar-refractivity contribution in [1.82, 2.24) is 9.62 Å². The fourth-order valence-corrected chi connectivity index (χ4v) is 3.13. The first kappa shape index (κ1) is 14.2. The minimum Gasteiger partial charge on any atom is -0.313 e. The zero-order valence-corrected chi connectivity index (χ0v) is 12.0. The molecule has 19 heavy (non-hydrogen) atoms. The molecular formula is C14H20N2O2S. The van der Waals surface area contributed by atoms with Gasteiger partial charge < -0.3 is 5.32 Å². The van der Waals surface area contributed by atoms with E-state index in [0.29, 0.717) is 18.0 Å². The molecule has 0 bridgehead atoms. The average Bonchev–Trinajstić information content (AvgIpc) is 3.24. The predicted molar refractivity (Wildman–Crippen MR) is 76.6 cm³/mol. The largest absolute Gasteiger partial charge is 0.313 e. The van der Waals surface area contributed by atoms with Gasteiger partial charge in [-0.2, -0.15) is 4.31 Å². The lowest BCUT2D eigenvalue weighted by atomic mass is 10.1. The lowest BCUT2D eigenvalue weighted by Gasteiger charge is -2.06. The first-order valence-electron chi connectivity index (χ1n) is 6.55. The molecule has 1 aromatic rings. The van der Waals surface area contributed by atoms with Gasteiger partial charge in [0.15, 0.2) is 0 Å². The van der Waals surface area contributed by atoms with Crippen LogP contribution in [0.4, 0.5) is 0 Å². The van der Waals surface area contributed by atoms with Gasteiger partial charge in [-0.3, -0.25) is 0 Å². The number of benzene rings is 1. The first-order chi connectivity index (χ1) is 9.14. The van der Waals surface area contributed by atoms with Crippen molar-refractivity contribution >= 4 is 10.0 Å². The number of hydrogen-bond acceptors (Lipinski definition) is 3. The van der Waals surface area contributed by atoms with Crippen molar-refractivity contribution in [3.8, 4) is 0 Å². The van der Waals surface area contributed by atoms with Crippen LogP contribution >= 0.6 is 0 Å². The molecule has 1 heterocycles. The van der Waals surface area contributed by atoms with Crippen molar-refractivity contribution in [2.45, 2.75) is 18.2 Å². The zero-order chi connectivity index (χ0) is 13.7. The third kappa shape index (κ3) is 3.89. The van der Waals surface area contributed by atoms with Crippen LogP contribution in [0.2, 0.25) is 0 Å². The number of rotatable bonds is 7. The Labute approximate surface area is 115 Å². The van der Waals surface area contributed by atoms with Gasteiger partial charge in [-0.25, -0.2) is 8.42 Å². The molecule has 5 heteroatoms. The van der Waals surface area contributed by atoms with Gasteiger partial charge in [-0.15, -0.1) is 0 Å². The quantitative estimate of drug-likeness (QED) is 0.466. The van der Waals surface area contributed by atoms with E-state index >= 15 is 0 Å². The van der Waals surface area contributed by atoms with Gasteiger partial charge >= 0.3 is 0 Å². The molecule has 0 aromatic heterocycles. The summed E-state index contributed by atoms with van der Waals surface area (Å²) in [5.74, 6) is 0. The van der Waals surface area contributed by atoms with E-state index in [1.54, 1.807) is 12.1 Å². The molecule has 0 saturated carbocycles. The summed E-state index contributed by atoms with van der Waals surface area (Å²) in [5.41, 5.74) is 1.15. The van der Waals surface area contributed by atoms with Crippen molar-refractivity contribution in [3.63, 3.8) is 0 Å². The topological polar surface area (TPSA) is 49.2 Å². The van der Waals surface area contributed by atoms with Crippen LogP contribution in [0.1, 0.15) is 12.5 Å². The maximum atomic E-state index is 11.9. The van der Waals surface area contributed by atoms with Crippen LogP contribution in [-0.2, 0) is 16.4 Å². The number of allylic oxidation sites excluding steroid dienone is 1. The molecule has 0 aliphatic carbocycles. The second kappa shape index (κ2) is 6.32. The summed E-state index contributed by atoms with van der Waals surface area (Å²) in [4.78, 5) is 0.399. The fourth-order valence-electron chi connectivity index (χ4n) is 1.79. The molecule has 1 aliphatic heterocycles. The van der Waals surface area contributed by atoms with Gasteiger partial charge in [-0.1, -0.05) is 24.3 Å². The minimum atomic E-state index is -3.21. The van der Waals surface area contributed by atoms with E-state index in [2.05, 4.69) is 11.4 Å². The number of sulfonamides is 1. The number of hydrogen-bond donors (Lipinski definition) is 1. The Kier molecular flexibility index (Phi) is 4.74. The Morgan fingerprint density at radius 1 is 1.26 bits per heavy atom. The van der Waals surface area contributed by atoms with Gasteiger partial charge in [0.2, 0.25) is 10.0 Å². The van der Waals surface area contributed by atoms with Crippen molar-refractivity contribution in [2.75, 3.05) is 26.2 Å². The zero-order valence-electron chi connectivity index (χ0n) is 11.2. The van der Waals surface area contributed by atoms with E-state index in [0.717, 1.165) is 25.1 Å². The molecule has 1 N–H and O–H groups in total. The Morgan fingerprint density at radius 2 is 1.95 bits per heavy atom. The highest BCUT2D eigenvalue weighted by Crippen LogP contribution is 2.21. The van der Waals surface area contributed by atoms with E-state index in [9.17, 15) is 8.42 Å². The molecule has 0 radical (unpaired) electrons. The molecule has 1 aromatic carbocycles. The molecule has 104 valence electrons. The highest BCUT2D eigenvalue weighted by Gasteiger charge is 2.32. The monoisotopic (exact) mass is 280 g/mol. The smallest absolute Gasteiger partial charge is 0.243 e. The van der Waals surface area contributed by atoms with Gasteiger partial charge in [0.05, 0.1) is 4.90 Å². The molecule has 0 unspecified atom stereocenters. The second-order valence-electron chi connectivity index (χ2n) is 4.57. The van der Waals surface area contributed by atoms with Crippen molar-refractivity contribution < 1.29 is 8.42 Å². The summed E-state index contributed by atoms with van der Waals surface area (Å²) in [6.45, 7) is 5.06. The molecule has 0 spiro atoms. The van der Waals surface area contributed by atoms with Crippen LogP contribution < -0.4 is 5.32 Å². The van der Waals surface area contributed by atoms with Gasteiger partial charge in [0, 0.05) is 19.6 Å². The molecule has 1 saturated heterocycles. The molecule has 1 fully saturated rings. The maximum absolute atomic E-state index is 11.9. The molecule has 2 rings (SSSR count). The highest BCUT2D eigenvalue weighted by atomic mass is 32.2. The van der Waals surface area contributed by atoms with Crippen LogP contribution in [0.15, 0.2) is 41.3 Å². The van der Waals surface area contributed by atoms with Gasteiger partial charge in [-0.05, 0) is 37.6 Å². The van der Waals surface area contributed by atoms with Gasteiger partial charge in [0.1, 0.15) is 0 Å². The number of nitrogens with one attached hydrogen (secondary N) is 1. The highest BCUT2D eigenvalue weighted by molar-refractivity contribution is 7.89. The molecular weight excluding hydrogens is 260 g/mol. The number of nitrogens with zero attached hydrogens (tertiary/aromatic N) is 1. The van der Waals surface area contributed by atoms with E-state index in [4.69, 9.17) is 0 Å². The summed E-state index contributed by atoms with van der Waals surface area (Å²) < 4.78 is 25.4. The lowest BCUT2D eigenvalue weighted by molar-refractivity contribution is 0.563. The van der Waals surface area contributed by atoms with Crippen molar-refractivity contribution in [1.29, 1.82) is 0 Å². The third-order valence-corrected chi connectivity index (χ3v) is 4.97. The first-order valence-corrected chi connectivity index (χ1v) is 7.99. The molecule has 1 aliphatic rings. The van der Waals surface area contributed by atoms with E-state index in [1.807, 2.05) is 25.1 Å². The second-order valence-corrected chi connectivity index (χ2v) is 6.51. The molecule has 4 nitrogen and oxygen atoms in total. The Hall–Kier alpha value is -1.17. The Morgan fingerprint density at radius 3 is 2.53 bits per heavy atom. The van der Waals surface area contributed by atoms with Crippen LogP contribution in [0, 0.1) is 0 Å². The van der Waals surface area contributed by atoms with E-state index in [-0.39, 0.29) is 0 Å². The Bertz CT molecular complexity index is 531. The summed E-state index contributed by atoms with van der Waals surface area (Å²) in [6, 6.07) is 7.20. The van der Waals surface area contributed by atoms with Crippen molar-refractivity contribution in [2.24, 2.45) is 0 Å². The third-order valence-electron chi connectivity index (χ3n) is 3.06. The average molecular weight is 280 g/mol. The van der Waals surface area contributed by atoms with E-state index in [1.165, 1.54) is 4.31 Å². The maximum Gasteiger partial charge on any atom is 0.243 e. The van der Waals surface area contributed by atoms with Crippen LogP contribution in [0.5, 0.6) is 0 Å². The summed E-state index contributed by atoms with van der Waals surface area (Å²) in [7, 11) is -3.21. The molecule has 0 atom stereocenters. The summed E-state index contributed by atoms with van der Waals surface area (Å²) >= 11 is 0. The SMILES string of the molecule is C/C=C/CNCCc1ccc(S(=O)(=O)N2CC2)cc1. The summed E-state index contributed by atoms with van der Waals surface area (Å²) in [6.07, 6.45) is 4.99. The van der Waals surface area contributed by atoms with E-state index < -0.39 is 10.0 Å². The summed E-state index contributed by atoms with van der Waals surface area (Å²) in [5, 5.41) is 3.29. The van der Waals surface area contributed by atoms with Crippen molar-refractivity contribution in [3.05, 3.63) is 42.0 Å². The van der Waals surface area contributed by atoms with Crippen LogP contribution in [-0.4, -0.2) is 38.9 Å². The molecule has 0 amide bonds. The lowest BCUT2D eigenvalue weighted by Crippen LogP contribution is -2.17. The standard InChI is InChI=1S/C14H20N2O2S/c1-2-3-9-15-10-8-13-4-6-14(7-5-13)19(17,18)16-11-12-16/h2-7,15H,8-12H2,1H3/b3-2+. The minimum absolute atomic E-state index is 0.399. The van der Waals surface area contributed by atoms with Gasteiger partial charge in [0.25, 0.3) is 0 Å². The van der Waals surface area contributed by atoms with Crippen LogP contribution in [0.3, 0.4) is 0 Å². The predicted octanol–water partition coefficient (Wildman–Crippen LogP) is 1.40. The van der Waals surface area contributed by atoms with Crippen LogP contribution in [0.25, 0.3) is 0 Å².